The topological polar surface area (TPSA) is 18.5 Å². The van der Waals surface area contributed by atoms with E-state index in [1.165, 1.54) is 39.0 Å². The van der Waals surface area contributed by atoms with Crippen molar-refractivity contribution in [3.8, 4) is 0 Å². The molecule has 2 heterocycles. The first-order valence-electron chi connectivity index (χ1n) is 5.38. The fourth-order valence-electron chi connectivity index (χ4n) is 2.49. The molecular weight excluding hydrogens is 162 g/mol. The summed E-state index contributed by atoms with van der Waals surface area (Å²) in [5, 5.41) is 3.52. The molecule has 2 rings (SSSR count). The van der Waals surface area contributed by atoms with Gasteiger partial charge in [-0.2, -0.15) is 0 Å². The highest BCUT2D eigenvalue weighted by Crippen LogP contribution is 2.21. The van der Waals surface area contributed by atoms with Gasteiger partial charge in [-0.3, -0.25) is 4.90 Å². The predicted octanol–water partition coefficient (Wildman–Crippen LogP) is -0.0158. The van der Waals surface area contributed by atoms with Gasteiger partial charge in [-0.1, -0.05) is 0 Å². The molecule has 3 nitrogen and oxygen atoms in total. The molecule has 0 bridgehead atoms. The molecule has 0 amide bonds. The molecule has 0 aliphatic carbocycles. The fraction of sp³-hybridized carbons (Fsp3) is 1.00. The van der Waals surface area contributed by atoms with Gasteiger partial charge in [-0.05, 0) is 40.0 Å². The van der Waals surface area contributed by atoms with Gasteiger partial charge in [0.2, 0.25) is 0 Å². The highest BCUT2D eigenvalue weighted by atomic mass is 15.3. The van der Waals surface area contributed by atoms with Crippen LogP contribution in [-0.4, -0.2) is 62.2 Å². The number of hydrogen-bond acceptors (Lipinski definition) is 3. The summed E-state index contributed by atoms with van der Waals surface area (Å²) in [6, 6.07) is 1.58. The first-order chi connectivity index (χ1) is 6.27. The quantitative estimate of drug-likeness (QED) is 0.616. The van der Waals surface area contributed by atoms with E-state index in [2.05, 4.69) is 29.2 Å². The maximum absolute atomic E-state index is 3.52. The molecule has 0 unspecified atom stereocenters. The van der Waals surface area contributed by atoms with E-state index in [0.29, 0.717) is 0 Å². The Morgan fingerprint density at radius 3 is 3.00 bits per heavy atom. The Morgan fingerprint density at radius 1 is 1.38 bits per heavy atom. The van der Waals surface area contributed by atoms with Crippen molar-refractivity contribution in [1.82, 2.24) is 15.1 Å². The second-order valence-electron chi connectivity index (χ2n) is 4.56. The monoisotopic (exact) mass is 183 g/mol. The van der Waals surface area contributed by atoms with Crippen molar-refractivity contribution >= 4 is 0 Å². The van der Waals surface area contributed by atoms with Gasteiger partial charge in [-0.25, -0.2) is 0 Å². The molecule has 2 saturated heterocycles. The number of rotatable bonds is 1. The molecule has 2 atom stereocenters. The molecule has 3 heteroatoms. The minimum absolute atomic E-state index is 0.782. The SMILES string of the molecule is CN(C)[C@@H]1C[C@H]2CNCCCN2C1. The van der Waals surface area contributed by atoms with Crippen molar-refractivity contribution in [1.29, 1.82) is 0 Å². The molecule has 0 radical (unpaired) electrons. The molecule has 2 aliphatic heterocycles. The van der Waals surface area contributed by atoms with Crippen LogP contribution in [0.5, 0.6) is 0 Å². The highest BCUT2D eigenvalue weighted by molar-refractivity contribution is 4.91. The predicted molar refractivity (Wildman–Crippen MR) is 54.9 cm³/mol. The van der Waals surface area contributed by atoms with Crippen molar-refractivity contribution in [2.24, 2.45) is 0 Å². The van der Waals surface area contributed by atoms with E-state index in [1.54, 1.807) is 0 Å². The maximum atomic E-state index is 3.52. The minimum Gasteiger partial charge on any atom is -0.315 e. The Labute approximate surface area is 81.1 Å². The van der Waals surface area contributed by atoms with Crippen molar-refractivity contribution in [2.75, 3.05) is 40.3 Å². The van der Waals surface area contributed by atoms with Gasteiger partial charge < -0.3 is 10.2 Å². The zero-order valence-corrected chi connectivity index (χ0v) is 8.79. The van der Waals surface area contributed by atoms with Crippen LogP contribution in [0.15, 0.2) is 0 Å². The average Bonchev–Trinajstić information content (AvgIpc) is 2.38. The lowest BCUT2D eigenvalue weighted by Gasteiger charge is -2.20. The maximum Gasteiger partial charge on any atom is 0.0236 e. The zero-order valence-electron chi connectivity index (χ0n) is 8.79. The summed E-state index contributed by atoms with van der Waals surface area (Å²) in [7, 11) is 4.40. The van der Waals surface area contributed by atoms with Crippen LogP contribution in [0.25, 0.3) is 0 Å². The van der Waals surface area contributed by atoms with Crippen molar-refractivity contribution in [3.63, 3.8) is 0 Å². The summed E-state index contributed by atoms with van der Waals surface area (Å²) in [5.74, 6) is 0. The number of nitrogens with zero attached hydrogens (tertiary/aromatic N) is 2. The molecular formula is C10H21N3. The normalized spacial score (nSPS) is 36.2. The van der Waals surface area contributed by atoms with Gasteiger partial charge >= 0.3 is 0 Å². The van der Waals surface area contributed by atoms with E-state index in [0.717, 1.165) is 12.1 Å². The van der Waals surface area contributed by atoms with Crippen LogP contribution in [-0.2, 0) is 0 Å². The summed E-state index contributed by atoms with van der Waals surface area (Å²) in [5.41, 5.74) is 0. The molecule has 0 aromatic carbocycles. The first kappa shape index (κ1) is 9.44. The van der Waals surface area contributed by atoms with Crippen LogP contribution in [0, 0.1) is 0 Å². The largest absolute Gasteiger partial charge is 0.315 e. The van der Waals surface area contributed by atoms with Crippen LogP contribution in [0.1, 0.15) is 12.8 Å². The van der Waals surface area contributed by atoms with E-state index in [-0.39, 0.29) is 0 Å². The number of nitrogens with one attached hydrogen (secondary N) is 1. The van der Waals surface area contributed by atoms with E-state index >= 15 is 0 Å². The zero-order chi connectivity index (χ0) is 9.26. The van der Waals surface area contributed by atoms with E-state index in [4.69, 9.17) is 0 Å². The van der Waals surface area contributed by atoms with Gasteiger partial charge in [0.05, 0.1) is 0 Å². The van der Waals surface area contributed by atoms with Gasteiger partial charge in [0, 0.05) is 25.2 Å². The first-order valence-corrected chi connectivity index (χ1v) is 5.38. The third-order valence-corrected chi connectivity index (χ3v) is 3.41. The summed E-state index contributed by atoms with van der Waals surface area (Å²) in [6.07, 6.45) is 2.66. The summed E-state index contributed by atoms with van der Waals surface area (Å²) in [6.45, 7) is 4.98. The van der Waals surface area contributed by atoms with Gasteiger partial charge in [0.25, 0.3) is 0 Å². The highest BCUT2D eigenvalue weighted by Gasteiger charge is 2.33. The molecule has 2 fully saturated rings. The van der Waals surface area contributed by atoms with Crippen LogP contribution in [0.2, 0.25) is 0 Å². The molecule has 0 aromatic heterocycles. The van der Waals surface area contributed by atoms with E-state index < -0.39 is 0 Å². The minimum atomic E-state index is 0.782. The molecule has 2 aliphatic rings. The third kappa shape index (κ3) is 2.03. The van der Waals surface area contributed by atoms with E-state index in [9.17, 15) is 0 Å². The lowest BCUT2D eigenvalue weighted by Crippen LogP contribution is -2.34. The number of fused-ring (bicyclic) bond motifs is 1. The van der Waals surface area contributed by atoms with Crippen molar-refractivity contribution < 1.29 is 0 Å². The molecule has 0 spiro atoms. The fourth-order valence-corrected chi connectivity index (χ4v) is 2.49. The Bertz CT molecular complexity index is 156. The van der Waals surface area contributed by atoms with Crippen molar-refractivity contribution in [3.05, 3.63) is 0 Å². The van der Waals surface area contributed by atoms with Gasteiger partial charge in [0.15, 0.2) is 0 Å². The summed E-state index contributed by atoms with van der Waals surface area (Å²) in [4.78, 5) is 5.03. The summed E-state index contributed by atoms with van der Waals surface area (Å²) >= 11 is 0. The van der Waals surface area contributed by atoms with E-state index in [1.807, 2.05) is 0 Å². The van der Waals surface area contributed by atoms with Crippen molar-refractivity contribution in [2.45, 2.75) is 24.9 Å². The second kappa shape index (κ2) is 3.95. The van der Waals surface area contributed by atoms with Crippen LogP contribution >= 0.6 is 0 Å². The Morgan fingerprint density at radius 2 is 2.23 bits per heavy atom. The average molecular weight is 183 g/mol. The Hall–Kier alpha value is -0.120. The lowest BCUT2D eigenvalue weighted by atomic mass is 10.1. The molecule has 76 valence electrons. The second-order valence-corrected chi connectivity index (χ2v) is 4.56. The summed E-state index contributed by atoms with van der Waals surface area (Å²) < 4.78 is 0. The van der Waals surface area contributed by atoms with Gasteiger partial charge in [0.1, 0.15) is 0 Å². The van der Waals surface area contributed by atoms with Gasteiger partial charge in [-0.15, -0.1) is 0 Å². The molecule has 0 aromatic rings. The number of likely N-dealkylation sites (N-methyl/N-ethyl adjacent to an activating group) is 1. The Kier molecular flexibility index (Phi) is 2.86. The van der Waals surface area contributed by atoms with Crippen LogP contribution < -0.4 is 5.32 Å². The van der Waals surface area contributed by atoms with Crippen LogP contribution in [0.4, 0.5) is 0 Å². The molecule has 1 N–H and O–H groups in total. The third-order valence-electron chi connectivity index (χ3n) is 3.41. The standard InChI is InChI=1S/C10H21N3/c1-12(2)10-6-9-7-11-4-3-5-13(9)8-10/h9-11H,3-8H2,1-2H3/t9-,10+/m0/s1. The smallest absolute Gasteiger partial charge is 0.0236 e. The van der Waals surface area contributed by atoms with Crippen LogP contribution in [0.3, 0.4) is 0 Å². The molecule has 0 saturated carbocycles. The molecule has 13 heavy (non-hydrogen) atoms. The number of hydrogen-bond donors (Lipinski definition) is 1. The lowest BCUT2D eigenvalue weighted by molar-refractivity contribution is 0.250. The Balaban J connectivity index is 1.94.